The van der Waals surface area contributed by atoms with Gasteiger partial charge in [-0.2, -0.15) is 0 Å². The van der Waals surface area contributed by atoms with Gasteiger partial charge >= 0.3 is 0 Å². The first kappa shape index (κ1) is 18.9. The van der Waals surface area contributed by atoms with Gasteiger partial charge in [0, 0.05) is 0 Å². The molecule has 136 valence electrons. The minimum absolute atomic E-state index is 0.667. The van der Waals surface area contributed by atoms with Crippen molar-refractivity contribution < 1.29 is 55.1 Å². The quantitative estimate of drug-likeness (QED) is 0.243. The Labute approximate surface area is 130 Å². The van der Waals surface area contributed by atoms with E-state index >= 15 is 0 Å². The monoisotopic (exact) mass is 342 g/mol. The van der Waals surface area contributed by atoms with E-state index in [0.717, 1.165) is 0 Å². The van der Waals surface area contributed by atoms with Crippen molar-refractivity contribution >= 4 is 0 Å². The molecule has 0 radical (unpaired) electrons. The van der Waals surface area contributed by atoms with E-state index < -0.39 is 74.6 Å². The van der Waals surface area contributed by atoms with Crippen LogP contribution in [0.5, 0.6) is 0 Å². The number of hydrogen-bond donors (Lipinski definition) is 8. The van der Waals surface area contributed by atoms with Crippen LogP contribution in [0, 0.1) is 0 Å². The topological polar surface area (TPSA) is 190 Å². The van der Waals surface area contributed by atoms with Gasteiger partial charge in [-0.3, -0.25) is 0 Å². The Balaban J connectivity index is 2.11. The van der Waals surface area contributed by atoms with Crippen molar-refractivity contribution in [3.8, 4) is 0 Å². The van der Waals surface area contributed by atoms with Crippen LogP contribution in [0.15, 0.2) is 0 Å². The minimum atomic E-state index is -1.74. The third-order valence-electron chi connectivity index (χ3n) is 3.98. The first-order valence-corrected chi connectivity index (χ1v) is 7.08. The van der Waals surface area contributed by atoms with Crippen molar-refractivity contribution in [1.29, 1.82) is 0 Å². The molecule has 10 atom stereocenters. The third-order valence-corrected chi connectivity index (χ3v) is 3.98. The molecule has 2 saturated heterocycles. The van der Waals surface area contributed by atoms with Gasteiger partial charge in [-0.05, 0) is 0 Å². The Morgan fingerprint density at radius 3 is 1.83 bits per heavy atom. The Morgan fingerprint density at radius 1 is 0.652 bits per heavy atom. The third kappa shape index (κ3) is 3.65. The van der Waals surface area contributed by atoms with Crippen molar-refractivity contribution in [1.82, 2.24) is 0 Å². The molecule has 11 heteroatoms. The van der Waals surface area contributed by atoms with Gasteiger partial charge in [0.15, 0.2) is 12.6 Å². The van der Waals surface area contributed by atoms with Crippen molar-refractivity contribution in [2.75, 3.05) is 13.2 Å². The molecular formula is C12H22O11. The molecule has 2 heterocycles. The maximum Gasteiger partial charge on any atom is 0.187 e. The fourth-order valence-electron chi connectivity index (χ4n) is 2.57. The zero-order valence-electron chi connectivity index (χ0n) is 12.0. The van der Waals surface area contributed by atoms with Crippen LogP contribution < -0.4 is 0 Å². The van der Waals surface area contributed by atoms with Gasteiger partial charge in [0.05, 0.1) is 13.2 Å². The number of aliphatic hydroxyl groups excluding tert-OH is 8. The Bertz CT molecular complexity index is 378. The number of ether oxygens (including phenoxy) is 3. The summed E-state index contributed by atoms with van der Waals surface area (Å²) >= 11 is 0. The zero-order valence-corrected chi connectivity index (χ0v) is 12.0. The van der Waals surface area contributed by atoms with Gasteiger partial charge in [0.1, 0.15) is 48.8 Å². The lowest BCUT2D eigenvalue weighted by atomic mass is 9.97. The largest absolute Gasteiger partial charge is 0.394 e. The lowest BCUT2D eigenvalue weighted by molar-refractivity contribution is -0.355. The van der Waals surface area contributed by atoms with Crippen LogP contribution in [0.3, 0.4) is 0 Å². The molecule has 2 aliphatic rings. The fraction of sp³-hybridized carbons (Fsp3) is 1.00. The van der Waals surface area contributed by atoms with E-state index in [1.807, 2.05) is 0 Å². The Kier molecular flexibility index (Phi) is 6.27. The van der Waals surface area contributed by atoms with Gasteiger partial charge in [-0.1, -0.05) is 0 Å². The molecule has 0 bridgehead atoms. The highest BCUT2D eigenvalue weighted by Gasteiger charge is 2.50. The maximum absolute atomic E-state index is 9.94. The number of rotatable bonds is 4. The molecule has 11 nitrogen and oxygen atoms in total. The molecule has 0 amide bonds. The molecule has 0 aromatic carbocycles. The fourth-order valence-corrected chi connectivity index (χ4v) is 2.57. The smallest absolute Gasteiger partial charge is 0.187 e. The van der Waals surface area contributed by atoms with Crippen LogP contribution in [0.1, 0.15) is 0 Å². The highest BCUT2D eigenvalue weighted by molar-refractivity contribution is 4.93. The van der Waals surface area contributed by atoms with E-state index in [-0.39, 0.29) is 0 Å². The van der Waals surface area contributed by atoms with E-state index in [2.05, 4.69) is 0 Å². The molecule has 0 aromatic rings. The van der Waals surface area contributed by atoms with E-state index in [1.165, 1.54) is 0 Å². The second-order valence-electron chi connectivity index (χ2n) is 5.53. The second kappa shape index (κ2) is 7.63. The molecule has 2 rings (SSSR count). The molecule has 0 saturated carbocycles. The summed E-state index contributed by atoms with van der Waals surface area (Å²) in [4.78, 5) is 0. The van der Waals surface area contributed by atoms with Gasteiger partial charge in [-0.15, -0.1) is 0 Å². The summed E-state index contributed by atoms with van der Waals surface area (Å²) in [7, 11) is 0. The summed E-state index contributed by atoms with van der Waals surface area (Å²) in [6, 6.07) is 0. The first-order valence-electron chi connectivity index (χ1n) is 7.08. The van der Waals surface area contributed by atoms with Crippen LogP contribution >= 0.6 is 0 Å². The van der Waals surface area contributed by atoms with E-state index in [4.69, 9.17) is 19.3 Å². The first-order chi connectivity index (χ1) is 10.8. The summed E-state index contributed by atoms with van der Waals surface area (Å²) in [6.45, 7) is -1.35. The SMILES string of the molecule is OCC1O[C@H](O[C@@H]2C(CO)O[C@@H](O)C(O)[C@H]2O)[C@@H](O)C(O)[C@H]1O. The van der Waals surface area contributed by atoms with Crippen LogP contribution in [0.25, 0.3) is 0 Å². The molecule has 0 aliphatic carbocycles. The normalized spacial score (nSPS) is 51.7. The summed E-state index contributed by atoms with van der Waals surface area (Å²) in [5, 5.41) is 76.5. The van der Waals surface area contributed by atoms with Gasteiger partial charge in [0.25, 0.3) is 0 Å². The molecule has 23 heavy (non-hydrogen) atoms. The highest BCUT2D eigenvalue weighted by Crippen LogP contribution is 2.28. The molecule has 2 fully saturated rings. The Morgan fingerprint density at radius 2 is 1.26 bits per heavy atom. The van der Waals surface area contributed by atoms with E-state index in [9.17, 15) is 35.7 Å². The van der Waals surface area contributed by atoms with Crippen LogP contribution in [-0.2, 0) is 14.2 Å². The Hall–Kier alpha value is -0.440. The second-order valence-corrected chi connectivity index (χ2v) is 5.53. The standard InChI is InChI=1S/C12H22O11/c13-1-3-5(15)6(16)9(19)12(22-3)23-10-4(2-14)21-11(20)8(18)7(10)17/h3-20H,1-2H2/t3?,4?,5-,6?,7+,8?,9-,10+,11+,12+/m0/s1. The van der Waals surface area contributed by atoms with Gasteiger partial charge in [-0.25, -0.2) is 0 Å². The summed E-state index contributed by atoms with van der Waals surface area (Å²) in [5.41, 5.74) is 0. The molecule has 0 spiro atoms. The van der Waals surface area contributed by atoms with Crippen molar-refractivity contribution in [2.45, 2.75) is 61.4 Å². The lowest BCUT2D eigenvalue weighted by Gasteiger charge is -2.45. The predicted molar refractivity (Wildman–Crippen MR) is 68.6 cm³/mol. The van der Waals surface area contributed by atoms with E-state index in [0.29, 0.717) is 0 Å². The minimum Gasteiger partial charge on any atom is -0.394 e. The predicted octanol–water partition coefficient (Wildman–Crippen LogP) is -5.40. The average Bonchev–Trinajstić information content (AvgIpc) is 2.55. The number of hydrogen-bond acceptors (Lipinski definition) is 11. The maximum atomic E-state index is 9.94. The van der Waals surface area contributed by atoms with Gasteiger partial charge in [0.2, 0.25) is 0 Å². The lowest BCUT2D eigenvalue weighted by Crippen LogP contribution is -2.64. The number of aliphatic hydroxyl groups is 8. The van der Waals surface area contributed by atoms with Crippen LogP contribution in [0.2, 0.25) is 0 Å². The van der Waals surface area contributed by atoms with Crippen molar-refractivity contribution in [3.63, 3.8) is 0 Å². The molecule has 4 unspecified atom stereocenters. The van der Waals surface area contributed by atoms with Crippen LogP contribution in [0.4, 0.5) is 0 Å². The highest BCUT2D eigenvalue weighted by atomic mass is 16.7. The molecule has 0 aromatic heterocycles. The van der Waals surface area contributed by atoms with E-state index in [1.54, 1.807) is 0 Å². The average molecular weight is 342 g/mol. The summed E-state index contributed by atoms with van der Waals surface area (Å²) in [6.07, 6.45) is -15.6. The summed E-state index contributed by atoms with van der Waals surface area (Å²) in [5.74, 6) is 0. The van der Waals surface area contributed by atoms with Crippen molar-refractivity contribution in [3.05, 3.63) is 0 Å². The van der Waals surface area contributed by atoms with Crippen molar-refractivity contribution in [2.24, 2.45) is 0 Å². The van der Waals surface area contributed by atoms with Crippen LogP contribution in [-0.4, -0.2) is 115 Å². The molecule has 2 aliphatic heterocycles. The zero-order chi connectivity index (χ0) is 17.3. The summed E-state index contributed by atoms with van der Waals surface area (Å²) < 4.78 is 15.3. The molecule has 8 N–H and O–H groups in total. The molecular weight excluding hydrogens is 320 g/mol. The van der Waals surface area contributed by atoms with Gasteiger partial charge < -0.3 is 55.1 Å².